The quantitative estimate of drug-likeness (QED) is 0.733. The van der Waals surface area contributed by atoms with Crippen LogP contribution in [0.3, 0.4) is 0 Å². The Balaban J connectivity index is 1.91. The minimum Gasteiger partial charge on any atom is -0.382 e. The minimum atomic E-state index is 0.185. The first-order chi connectivity index (χ1) is 13.5. The fraction of sp³-hybridized carbons (Fsp3) is 0.526. The highest BCUT2D eigenvalue weighted by Crippen LogP contribution is 2.29. The molecule has 0 saturated carbocycles. The van der Waals surface area contributed by atoms with Gasteiger partial charge in [-0.3, -0.25) is 0 Å². The normalized spacial score (nSPS) is 17.6. The molecule has 3 aromatic rings. The maximum Gasteiger partial charge on any atom is 0.228 e. The number of ether oxygens (including phenoxy) is 1. The van der Waals surface area contributed by atoms with E-state index < -0.39 is 0 Å². The maximum absolute atomic E-state index is 5.81. The van der Waals surface area contributed by atoms with Crippen molar-refractivity contribution in [1.82, 2.24) is 29.5 Å². The van der Waals surface area contributed by atoms with Crippen molar-refractivity contribution in [2.24, 2.45) is 0 Å². The molecule has 0 spiro atoms. The molecule has 1 aliphatic heterocycles. The second kappa shape index (κ2) is 7.31. The molecule has 3 aromatic heterocycles. The number of morpholine rings is 1. The average molecular weight is 382 g/mol. The predicted octanol–water partition coefficient (Wildman–Crippen LogP) is 2.37. The molecule has 1 atom stereocenters. The lowest BCUT2D eigenvalue weighted by atomic mass is 10.2. The lowest BCUT2D eigenvalue weighted by Gasteiger charge is -2.32. The van der Waals surface area contributed by atoms with Gasteiger partial charge in [-0.2, -0.15) is 4.98 Å². The Morgan fingerprint density at radius 2 is 2.04 bits per heavy atom. The summed E-state index contributed by atoms with van der Waals surface area (Å²) in [6.45, 7) is 10.6. The number of hydrogen-bond donors (Lipinski definition) is 1. The van der Waals surface area contributed by atoms with E-state index in [2.05, 4.69) is 40.2 Å². The Labute approximate surface area is 164 Å². The summed E-state index contributed by atoms with van der Waals surface area (Å²) in [5.41, 5.74) is 8.57. The lowest BCUT2D eigenvalue weighted by molar-refractivity contribution is 0.0379. The summed E-state index contributed by atoms with van der Waals surface area (Å²) in [6, 6.07) is 0.228. The van der Waals surface area contributed by atoms with Gasteiger partial charge in [0.1, 0.15) is 28.5 Å². The highest BCUT2D eigenvalue weighted by molar-refractivity contribution is 5.87. The van der Waals surface area contributed by atoms with Crippen molar-refractivity contribution in [2.75, 3.05) is 30.3 Å². The van der Waals surface area contributed by atoms with Crippen LogP contribution in [0, 0.1) is 6.92 Å². The monoisotopic (exact) mass is 382 g/mol. The number of anilines is 2. The van der Waals surface area contributed by atoms with Gasteiger partial charge in [0, 0.05) is 19.1 Å². The molecule has 0 aliphatic carbocycles. The molecule has 0 aromatic carbocycles. The number of fused-ring (bicyclic) bond motifs is 1. The Morgan fingerprint density at radius 1 is 1.21 bits per heavy atom. The van der Waals surface area contributed by atoms with Crippen LogP contribution in [0.5, 0.6) is 0 Å². The van der Waals surface area contributed by atoms with Crippen molar-refractivity contribution in [2.45, 2.75) is 46.3 Å². The highest BCUT2D eigenvalue weighted by atomic mass is 16.5. The number of aryl methyl sites for hydroxylation is 1. The highest BCUT2D eigenvalue weighted by Gasteiger charge is 2.25. The zero-order chi connectivity index (χ0) is 19.8. The van der Waals surface area contributed by atoms with Crippen LogP contribution in [0.1, 0.15) is 39.1 Å². The van der Waals surface area contributed by atoms with Gasteiger partial charge < -0.3 is 19.9 Å². The summed E-state index contributed by atoms with van der Waals surface area (Å²) in [5, 5.41) is 0. The molecule has 0 amide bonds. The van der Waals surface area contributed by atoms with Crippen LogP contribution in [0.25, 0.3) is 22.6 Å². The largest absolute Gasteiger partial charge is 0.382 e. The molecule has 4 rings (SSSR count). The van der Waals surface area contributed by atoms with Crippen LogP contribution in [0.15, 0.2) is 12.4 Å². The van der Waals surface area contributed by atoms with Gasteiger partial charge in [0.15, 0.2) is 5.65 Å². The number of nitrogen functional groups attached to an aromatic ring is 1. The van der Waals surface area contributed by atoms with E-state index in [9.17, 15) is 0 Å². The third kappa shape index (κ3) is 3.26. The van der Waals surface area contributed by atoms with Crippen molar-refractivity contribution in [3.8, 4) is 11.4 Å². The van der Waals surface area contributed by atoms with Gasteiger partial charge in [-0.25, -0.2) is 19.9 Å². The van der Waals surface area contributed by atoms with Crippen LogP contribution < -0.4 is 10.6 Å². The van der Waals surface area contributed by atoms with Crippen LogP contribution in [-0.2, 0) is 4.74 Å². The number of aromatic nitrogens is 6. The van der Waals surface area contributed by atoms with Gasteiger partial charge in [0.2, 0.25) is 5.95 Å². The molecular weight excluding hydrogens is 356 g/mol. The Morgan fingerprint density at radius 3 is 2.71 bits per heavy atom. The van der Waals surface area contributed by atoms with Gasteiger partial charge >= 0.3 is 0 Å². The second-order valence-electron chi connectivity index (χ2n) is 7.34. The summed E-state index contributed by atoms with van der Waals surface area (Å²) in [5.74, 6) is 1.94. The summed E-state index contributed by atoms with van der Waals surface area (Å²) >= 11 is 0. The molecule has 1 aliphatic rings. The zero-order valence-corrected chi connectivity index (χ0v) is 16.8. The Bertz CT molecular complexity index is 982. The van der Waals surface area contributed by atoms with E-state index in [4.69, 9.17) is 25.4 Å². The van der Waals surface area contributed by atoms with Gasteiger partial charge in [0.05, 0.1) is 25.1 Å². The van der Waals surface area contributed by atoms with E-state index in [0.29, 0.717) is 29.8 Å². The first-order valence-corrected chi connectivity index (χ1v) is 9.69. The van der Waals surface area contributed by atoms with Crippen molar-refractivity contribution in [1.29, 1.82) is 0 Å². The van der Waals surface area contributed by atoms with Crippen LogP contribution in [0.2, 0.25) is 0 Å². The predicted molar refractivity (Wildman–Crippen MR) is 108 cm³/mol. The topological polar surface area (TPSA) is 108 Å². The van der Waals surface area contributed by atoms with Gasteiger partial charge in [-0.15, -0.1) is 0 Å². The van der Waals surface area contributed by atoms with Crippen molar-refractivity contribution < 1.29 is 4.74 Å². The van der Waals surface area contributed by atoms with Gasteiger partial charge in [-0.05, 0) is 27.2 Å². The summed E-state index contributed by atoms with van der Waals surface area (Å²) < 4.78 is 7.94. The molecule has 9 heteroatoms. The molecule has 28 heavy (non-hydrogen) atoms. The fourth-order valence-corrected chi connectivity index (χ4v) is 3.62. The van der Waals surface area contributed by atoms with E-state index in [0.717, 1.165) is 36.5 Å². The summed E-state index contributed by atoms with van der Waals surface area (Å²) in [6.07, 6.45) is 4.32. The van der Waals surface area contributed by atoms with E-state index in [-0.39, 0.29) is 12.1 Å². The van der Waals surface area contributed by atoms with Crippen LogP contribution in [0.4, 0.5) is 11.8 Å². The second-order valence-corrected chi connectivity index (χ2v) is 7.34. The number of nitrogens with zero attached hydrogens (tertiary/aromatic N) is 7. The average Bonchev–Trinajstić information content (AvgIpc) is 3.04. The molecule has 1 unspecified atom stereocenters. The SMILES string of the molecule is CCC1CN(c2nc(-c3cnc(N)cn3)c3nc(C)n(C(C)C)c3n2)CCO1. The van der Waals surface area contributed by atoms with Crippen molar-refractivity contribution in [3.63, 3.8) is 0 Å². The summed E-state index contributed by atoms with van der Waals surface area (Å²) in [4.78, 5) is 25.3. The van der Waals surface area contributed by atoms with E-state index in [1.807, 2.05) is 6.92 Å². The van der Waals surface area contributed by atoms with E-state index >= 15 is 0 Å². The third-order valence-corrected chi connectivity index (χ3v) is 5.01. The maximum atomic E-state index is 5.81. The van der Waals surface area contributed by atoms with Gasteiger partial charge in [-0.1, -0.05) is 6.92 Å². The molecule has 2 N–H and O–H groups in total. The van der Waals surface area contributed by atoms with E-state index in [1.54, 1.807) is 6.20 Å². The molecular formula is C19H26N8O. The molecule has 4 heterocycles. The minimum absolute atomic E-state index is 0.185. The number of rotatable bonds is 4. The first-order valence-electron chi connectivity index (χ1n) is 9.69. The molecule has 1 saturated heterocycles. The summed E-state index contributed by atoms with van der Waals surface area (Å²) in [7, 11) is 0. The Kier molecular flexibility index (Phi) is 4.84. The van der Waals surface area contributed by atoms with Crippen LogP contribution in [-0.4, -0.2) is 55.3 Å². The molecule has 1 fully saturated rings. The Hall–Kier alpha value is -2.81. The van der Waals surface area contributed by atoms with Crippen molar-refractivity contribution >= 4 is 22.9 Å². The third-order valence-electron chi connectivity index (χ3n) is 5.01. The molecule has 0 radical (unpaired) electrons. The van der Waals surface area contributed by atoms with Gasteiger partial charge in [0.25, 0.3) is 0 Å². The fourth-order valence-electron chi connectivity index (χ4n) is 3.62. The lowest BCUT2D eigenvalue weighted by Crippen LogP contribution is -2.43. The smallest absolute Gasteiger partial charge is 0.228 e. The standard InChI is InChI=1S/C19H26N8O/c1-5-13-10-26(6-7-28-13)19-24-16(14-8-22-15(20)9-21-14)17-18(25-19)27(11(2)3)12(4)23-17/h8-9,11,13H,5-7,10H2,1-4H3,(H2,20,22). The zero-order valence-electron chi connectivity index (χ0n) is 16.8. The van der Waals surface area contributed by atoms with Crippen molar-refractivity contribution in [3.05, 3.63) is 18.2 Å². The molecule has 0 bridgehead atoms. The number of imidazole rings is 1. The first kappa shape index (κ1) is 18.5. The number of hydrogen-bond acceptors (Lipinski definition) is 8. The van der Waals surface area contributed by atoms with E-state index in [1.165, 1.54) is 6.20 Å². The molecule has 9 nitrogen and oxygen atoms in total. The molecule has 148 valence electrons. The van der Waals surface area contributed by atoms with Crippen LogP contribution >= 0.6 is 0 Å². The number of nitrogens with two attached hydrogens (primary N) is 1.